The lowest BCUT2D eigenvalue weighted by Crippen LogP contribution is -3.11. The van der Waals surface area contributed by atoms with E-state index in [2.05, 4.69) is 426 Å². The molecule has 4 N–H and O–H groups in total. The molecule has 0 bridgehead atoms. The number of rotatable bonds is 22. The van der Waals surface area contributed by atoms with Gasteiger partial charge in [0.05, 0.1) is 37.4 Å². The molecular weight excluding hydrogens is 1550 g/mol. The average Bonchev–Trinajstić information content (AvgIpc) is 1.03. The Kier molecular flexibility index (Phi) is 79.5. The molecule has 1 aromatic heterocycles. The second-order valence-corrected chi connectivity index (χ2v) is 48.5. The van der Waals surface area contributed by atoms with Gasteiger partial charge in [-0.15, -0.1) is 0 Å². The third-order valence-electron chi connectivity index (χ3n) is 14.8. The number of benzene rings is 4. The number of carbonyl (C=O) groups is 6. The molecule has 4 aromatic carbocycles. The van der Waals surface area contributed by atoms with Crippen LogP contribution in [0.25, 0.3) is 0 Å². The second kappa shape index (κ2) is 71.8. The molecule has 0 spiro atoms. The highest BCUT2D eigenvalue weighted by molar-refractivity contribution is 5.78. The summed E-state index contributed by atoms with van der Waals surface area (Å²) in [7, 11) is 0. The maximum atomic E-state index is 10.7. The number of hydrogen-bond donors (Lipinski definition) is 4. The monoisotopic (exact) mass is 1760 g/mol. The largest absolute Gasteiger partial charge is 0.550 e. The number of aryl methyl sites for hydroxylation is 1. The Balaban J connectivity index is -0.000000144. The Morgan fingerprint density at radius 1 is 0.280 bits per heavy atom. The lowest BCUT2D eigenvalue weighted by atomic mass is 9.87. The van der Waals surface area contributed by atoms with Crippen LogP contribution in [0.5, 0.6) is 0 Å². The third kappa shape index (κ3) is 152. The molecular formula is C111H202N2O12-2. The van der Waals surface area contributed by atoms with E-state index in [4.69, 9.17) is 15.3 Å². The van der Waals surface area contributed by atoms with E-state index in [1.54, 1.807) is 4.90 Å². The van der Waals surface area contributed by atoms with Crippen LogP contribution in [-0.2, 0) is 51.6 Å². The molecule has 3 atom stereocenters. The number of carboxylic acid groups (broad SMARTS) is 6. The van der Waals surface area contributed by atoms with Crippen LogP contribution in [0.15, 0.2) is 152 Å². The third-order valence-corrected chi connectivity index (χ3v) is 14.8. The van der Waals surface area contributed by atoms with Crippen LogP contribution in [0, 0.1) is 66.5 Å². The minimum Gasteiger partial charge on any atom is -0.550 e. The minimum absolute atomic E-state index is 0.157. The van der Waals surface area contributed by atoms with Gasteiger partial charge in [0.25, 0.3) is 0 Å². The van der Waals surface area contributed by atoms with Crippen molar-refractivity contribution in [2.24, 2.45) is 66.5 Å². The summed E-state index contributed by atoms with van der Waals surface area (Å²) in [6.45, 7) is 105. The molecule has 0 aliphatic carbocycles. The summed E-state index contributed by atoms with van der Waals surface area (Å²) in [5.41, 5.74) is 8.55. The van der Waals surface area contributed by atoms with E-state index in [1.807, 2.05) is 48.5 Å². The maximum absolute atomic E-state index is 10.7. The Morgan fingerprint density at radius 2 is 0.432 bits per heavy atom. The van der Waals surface area contributed by atoms with Gasteiger partial charge in [-0.05, 0) is 160 Å². The Morgan fingerprint density at radius 3 is 0.520 bits per heavy atom. The first kappa shape index (κ1) is 138. The van der Waals surface area contributed by atoms with Crippen LogP contribution in [0.1, 0.15) is 412 Å². The van der Waals surface area contributed by atoms with Crippen molar-refractivity contribution in [2.45, 2.75) is 418 Å². The van der Waals surface area contributed by atoms with Crippen molar-refractivity contribution in [1.82, 2.24) is 4.57 Å². The normalized spacial score (nSPS) is 12.0. The van der Waals surface area contributed by atoms with E-state index in [0.29, 0.717) is 68.0 Å². The summed E-state index contributed by atoms with van der Waals surface area (Å²) >= 11 is 0. The summed E-state index contributed by atoms with van der Waals surface area (Å²) in [5.74, 6) is -9.45. The van der Waals surface area contributed by atoms with Gasteiger partial charge < -0.3 is 54.5 Å². The van der Waals surface area contributed by atoms with Gasteiger partial charge in [-0.1, -0.05) is 437 Å². The van der Waals surface area contributed by atoms with Gasteiger partial charge in [0, 0.05) is 56.1 Å². The van der Waals surface area contributed by atoms with Gasteiger partial charge in [-0.25, -0.2) is 0 Å². The Labute approximate surface area is 773 Å². The molecule has 14 heteroatoms. The maximum Gasteiger partial charge on any atom is 0.306 e. The minimum atomic E-state index is -1.29. The zero-order chi connectivity index (χ0) is 101. The molecule has 0 radical (unpaired) electrons. The molecule has 0 amide bonds. The molecule has 0 aliphatic rings. The predicted molar refractivity (Wildman–Crippen MR) is 538 cm³/mol. The first-order valence-electron chi connectivity index (χ1n) is 46.1. The van der Waals surface area contributed by atoms with Gasteiger partial charge in [-0.2, -0.15) is 0 Å². The molecule has 0 saturated carbocycles. The quantitative estimate of drug-likeness (QED) is 0.0506. The fourth-order valence-electron chi connectivity index (χ4n) is 8.71. The number of aliphatic carboxylic acids is 6. The Hall–Kier alpha value is -7.06. The van der Waals surface area contributed by atoms with E-state index in [9.17, 15) is 44.1 Å². The lowest BCUT2D eigenvalue weighted by molar-refractivity contribution is -0.894. The summed E-state index contributed by atoms with van der Waals surface area (Å²) in [5, 5.41) is 57.2. The lowest BCUT2D eigenvalue weighted by Gasteiger charge is -2.19. The van der Waals surface area contributed by atoms with Crippen LogP contribution in [0.3, 0.4) is 0 Å². The number of carbonyl (C=O) groups excluding carboxylic acids is 3. The van der Waals surface area contributed by atoms with E-state index < -0.39 is 53.6 Å². The predicted octanol–water partition coefficient (Wildman–Crippen LogP) is 27.5. The molecule has 0 fully saturated rings. The number of carboxylic acids is 6. The summed E-state index contributed by atoms with van der Waals surface area (Å²) < 4.78 is 2.12. The zero-order valence-corrected chi connectivity index (χ0v) is 89.9. The van der Waals surface area contributed by atoms with Crippen molar-refractivity contribution >= 4 is 35.8 Å². The van der Waals surface area contributed by atoms with Gasteiger partial charge in [0.1, 0.15) is 0 Å². The fourth-order valence-corrected chi connectivity index (χ4v) is 8.71. The number of quaternary nitrogens is 1. The highest BCUT2D eigenvalue weighted by Gasteiger charge is 2.22. The number of nitrogens with zero attached hydrogens (tertiary/aromatic N) is 1. The van der Waals surface area contributed by atoms with E-state index in [-0.39, 0.29) is 35.5 Å². The van der Waals surface area contributed by atoms with Crippen LogP contribution in [0.2, 0.25) is 0 Å². The van der Waals surface area contributed by atoms with E-state index >= 15 is 0 Å². The van der Waals surface area contributed by atoms with Crippen molar-refractivity contribution in [3.8, 4) is 0 Å². The first-order valence-corrected chi connectivity index (χ1v) is 46.1. The van der Waals surface area contributed by atoms with Gasteiger partial charge in [0.15, 0.2) is 0 Å². The number of hydrogen-bond acceptors (Lipinski definition) is 9. The molecule has 14 nitrogen and oxygen atoms in total. The smallest absolute Gasteiger partial charge is 0.306 e. The molecule has 0 saturated heterocycles. The molecule has 730 valence electrons. The van der Waals surface area contributed by atoms with Gasteiger partial charge >= 0.3 is 17.9 Å². The van der Waals surface area contributed by atoms with Crippen molar-refractivity contribution in [1.29, 1.82) is 0 Å². The summed E-state index contributed by atoms with van der Waals surface area (Å²) in [6, 6.07) is 47.7. The zero-order valence-electron chi connectivity index (χ0n) is 89.9. The highest BCUT2D eigenvalue weighted by atomic mass is 16.4. The fraction of sp³-hybridized carbons (Fsp3) is 0.694. The Bertz CT molecular complexity index is 2890. The average molecular weight is 1760 g/mol. The van der Waals surface area contributed by atoms with Crippen molar-refractivity contribution < 1.29 is 64.3 Å². The second-order valence-electron chi connectivity index (χ2n) is 48.5. The SMILES string of the molecule is CC(C)(C)C.CC(C)(C)C.CC(C)(C)C.CC(C)(C)C.CC(C)(C)C.CC(C)(C)C.CC(C)(C)CCCC(CC(=O)[O-])C(=O)O.CC(C)(C)CCCC(CC(=O)[O-])C(=O)O.CC(C)(C)CCCC(CC(=O)[O-])C(=O)O.CC(C)(C)c1ccccc1.CC(C)(C)c1ccccc1.CC(C)(C)c1ccccc1.CC[NH+](CC)CC.CCn1cccc1.c1ccccc1. The van der Waals surface area contributed by atoms with Gasteiger partial charge in [0.2, 0.25) is 0 Å². The molecule has 0 aliphatic heterocycles. The van der Waals surface area contributed by atoms with Crippen LogP contribution in [0.4, 0.5) is 0 Å². The van der Waals surface area contributed by atoms with Crippen molar-refractivity contribution in [3.05, 3.63) is 169 Å². The van der Waals surface area contributed by atoms with Crippen LogP contribution < -0.4 is 20.2 Å². The van der Waals surface area contributed by atoms with Crippen LogP contribution >= 0.6 is 0 Å². The topological polar surface area (TPSA) is 242 Å². The molecule has 125 heavy (non-hydrogen) atoms. The summed E-state index contributed by atoms with van der Waals surface area (Å²) in [4.78, 5) is 64.7. The molecule has 1 heterocycles. The van der Waals surface area contributed by atoms with Gasteiger partial charge in [-0.3, -0.25) is 14.4 Å². The van der Waals surface area contributed by atoms with Crippen molar-refractivity contribution in [3.63, 3.8) is 0 Å². The molecule has 5 aromatic rings. The van der Waals surface area contributed by atoms with E-state index in [1.165, 1.54) is 36.3 Å². The van der Waals surface area contributed by atoms with E-state index in [0.717, 1.165) is 45.1 Å². The van der Waals surface area contributed by atoms with Crippen LogP contribution in [-0.4, -0.2) is 75.3 Å². The molecule has 3 unspecified atom stereocenters. The highest BCUT2D eigenvalue weighted by Crippen LogP contribution is 2.28. The standard InChI is InChI=1S/3C11H20O4.3C10H14.C6H9N.C6H15N.C6H6.6C5H12/c3*1-11(2,3)6-4-5-8(10(14)15)7-9(12)13;3*1-10(2,3)9-7-5-4-6-8-9;1-2-7-5-3-4-6-7;1-4-7(5-2)6-3;1-2-4-6-5-3-1;6*1-5(2,3)4/h3*8H,4-7H2,1-3H3,(H,12,13)(H,14,15);3*4-8H,1-3H3;3-6H,2H2,1H3;4-6H2,1-3H3;1-6H;6*1-4H3/p-2. The first-order chi connectivity index (χ1) is 55.8. The molecule has 5 rings (SSSR count). The number of aromatic nitrogens is 1. The van der Waals surface area contributed by atoms with Crippen molar-refractivity contribution in [2.75, 3.05) is 19.6 Å². The number of nitrogens with one attached hydrogen (secondary N) is 1. The summed E-state index contributed by atoms with van der Waals surface area (Å²) in [6.07, 6.45) is 9.02.